The molecule has 1 aromatic carbocycles. The van der Waals surface area contributed by atoms with Gasteiger partial charge in [0.1, 0.15) is 5.75 Å². The molecule has 1 aromatic rings. The number of ketones is 1. The molecular weight excluding hydrogens is 358 g/mol. The monoisotopic (exact) mass is 389 g/mol. The minimum atomic E-state index is -0.0803. The molecule has 1 aliphatic carbocycles. The van der Waals surface area contributed by atoms with Gasteiger partial charge in [0.05, 0.1) is 19.1 Å². The van der Waals surface area contributed by atoms with E-state index >= 15 is 0 Å². The normalized spacial score (nSPS) is 18.9. The van der Waals surface area contributed by atoms with Crippen molar-refractivity contribution in [2.24, 2.45) is 11.8 Å². The number of carbonyl (C=O) groups is 3. The summed E-state index contributed by atoms with van der Waals surface area (Å²) in [6, 6.07) is 7.22. The Kier molecular flexibility index (Phi) is 8.98. The van der Waals surface area contributed by atoms with E-state index in [1.807, 2.05) is 19.1 Å². The zero-order valence-corrected chi connectivity index (χ0v) is 16.9. The standard InChI is InChI=1S/C22H31NO5/c1-3-27-22(26)19-8-6-17(7-9-19)15-28-20-12-10-18(11-13-20)21(25)5-4-14-23-16(2)24/h10-13,17,19H,3-9,14-15H2,1-2H3,(H,23,24). The summed E-state index contributed by atoms with van der Waals surface area (Å²) in [6.45, 7) is 4.88. The number of hydrogen-bond acceptors (Lipinski definition) is 5. The van der Waals surface area contributed by atoms with Gasteiger partial charge in [0.25, 0.3) is 0 Å². The van der Waals surface area contributed by atoms with Gasteiger partial charge in [-0.15, -0.1) is 0 Å². The van der Waals surface area contributed by atoms with E-state index in [0.29, 0.717) is 44.1 Å². The predicted molar refractivity (Wildman–Crippen MR) is 106 cm³/mol. The molecule has 1 amide bonds. The van der Waals surface area contributed by atoms with E-state index in [1.165, 1.54) is 6.92 Å². The molecule has 2 rings (SSSR count). The highest BCUT2D eigenvalue weighted by Crippen LogP contribution is 2.30. The van der Waals surface area contributed by atoms with Crippen molar-refractivity contribution in [1.29, 1.82) is 0 Å². The van der Waals surface area contributed by atoms with E-state index in [-0.39, 0.29) is 23.6 Å². The lowest BCUT2D eigenvalue weighted by atomic mass is 9.82. The molecule has 1 N–H and O–H groups in total. The molecule has 28 heavy (non-hydrogen) atoms. The van der Waals surface area contributed by atoms with Crippen molar-refractivity contribution in [1.82, 2.24) is 5.32 Å². The van der Waals surface area contributed by atoms with Crippen LogP contribution in [0.25, 0.3) is 0 Å². The third kappa shape index (κ3) is 7.33. The first-order valence-electron chi connectivity index (χ1n) is 10.2. The van der Waals surface area contributed by atoms with Crippen LogP contribution in [-0.2, 0) is 14.3 Å². The fraction of sp³-hybridized carbons (Fsp3) is 0.591. The molecule has 0 aliphatic heterocycles. The summed E-state index contributed by atoms with van der Waals surface area (Å²) in [4.78, 5) is 34.7. The van der Waals surface area contributed by atoms with Crippen molar-refractivity contribution in [2.45, 2.75) is 52.4 Å². The Hall–Kier alpha value is -2.37. The maximum Gasteiger partial charge on any atom is 0.308 e. The number of rotatable bonds is 10. The van der Waals surface area contributed by atoms with Crippen LogP contribution in [0.3, 0.4) is 0 Å². The Labute approximate surface area is 167 Å². The largest absolute Gasteiger partial charge is 0.493 e. The molecule has 0 saturated heterocycles. The highest BCUT2D eigenvalue weighted by atomic mass is 16.5. The summed E-state index contributed by atoms with van der Waals surface area (Å²) in [5, 5.41) is 2.69. The lowest BCUT2D eigenvalue weighted by molar-refractivity contribution is -0.149. The molecule has 1 fully saturated rings. The Bertz CT molecular complexity index is 647. The number of amides is 1. The number of esters is 1. The Morgan fingerprint density at radius 2 is 1.75 bits per heavy atom. The third-order valence-electron chi connectivity index (χ3n) is 5.08. The van der Waals surface area contributed by atoms with Crippen LogP contribution >= 0.6 is 0 Å². The van der Waals surface area contributed by atoms with Gasteiger partial charge >= 0.3 is 5.97 Å². The van der Waals surface area contributed by atoms with Crippen LogP contribution in [0.1, 0.15) is 62.7 Å². The molecule has 0 radical (unpaired) electrons. The second-order valence-electron chi connectivity index (χ2n) is 7.31. The fourth-order valence-corrected chi connectivity index (χ4v) is 3.43. The summed E-state index contributed by atoms with van der Waals surface area (Å²) in [7, 11) is 0. The summed E-state index contributed by atoms with van der Waals surface area (Å²) in [6.07, 6.45) is 4.69. The van der Waals surface area contributed by atoms with Crippen molar-refractivity contribution < 1.29 is 23.9 Å². The second kappa shape index (κ2) is 11.5. The average molecular weight is 389 g/mol. The van der Waals surface area contributed by atoms with Crippen molar-refractivity contribution in [3.63, 3.8) is 0 Å². The Morgan fingerprint density at radius 3 is 2.36 bits per heavy atom. The molecule has 1 aliphatic rings. The van der Waals surface area contributed by atoms with Crippen LogP contribution in [0.15, 0.2) is 24.3 Å². The second-order valence-corrected chi connectivity index (χ2v) is 7.31. The van der Waals surface area contributed by atoms with Gasteiger partial charge in [-0.1, -0.05) is 0 Å². The average Bonchev–Trinajstić information content (AvgIpc) is 2.70. The number of carbonyl (C=O) groups excluding carboxylic acids is 3. The van der Waals surface area contributed by atoms with Crippen LogP contribution in [0.2, 0.25) is 0 Å². The molecule has 0 atom stereocenters. The topological polar surface area (TPSA) is 81.7 Å². The van der Waals surface area contributed by atoms with E-state index in [1.54, 1.807) is 12.1 Å². The Balaban J connectivity index is 1.69. The van der Waals surface area contributed by atoms with Crippen LogP contribution in [0.5, 0.6) is 5.75 Å². The molecule has 6 nitrogen and oxygen atoms in total. The van der Waals surface area contributed by atoms with E-state index in [2.05, 4.69) is 5.32 Å². The molecule has 6 heteroatoms. The molecular formula is C22H31NO5. The van der Waals surface area contributed by atoms with Gasteiger partial charge in [-0.2, -0.15) is 0 Å². The highest BCUT2D eigenvalue weighted by Gasteiger charge is 2.27. The first-order chi connectivity index (χ1) is 13.5. The molecule has 1 saturated carbocycles. The molecule has 0 bridgehead atoms. The summed E-state index contributed by atoms with van der Waals surface area (Å²) < 4.78 is 11.0. The van der Waals surface area contributed by atoms with Crippen molar-refractivity contribution in [3.05, 3.63) is 29.8 Å². The highest BCUT2D eigenvalue weighted by molar-refractivity contribution is 5.96. The molecule has 0 heterocycles. The van der Waals surface area contributed by atoms with Crippen molar-refractivity contribution in [3.8, 4) is 5.75 Å². The van der Waals surface area contributed by atoms with Gasteiger partial charge in [-0.05, 0) is 69.2 Å². The maximum absolute atomic E-state index is 12.1. The van der Waals surface area contributed by atoms with Crippen molar-refractivity contribution >= 4 is 17.7 Å². The minimum absolute atomic E-state index is 0.0344. The van der Waals surface area contributed by atoms with Gasteiger partial charge in [0.2, 0.25) is 5.91 Å². The fourth-order valence-electron chi connectivity index (χ4n) is 3.43. The smallest absolute Gasteiger partial charge is 0.308 e. The van der Waals surface area contributed by atoms with Crippen LogP contribution in [-0.4, -0.2) is 37.4 Å². The van der Waals surface area contributed by atoms with E-state index < -0.39 is 0 Å². The van der Waals surface area contributed by atoms with Gasteiger partial charge in [0, 0.05) is 25.5 Å². The van der Waals surface area contributed by atoms with E-state index in [0.717, 1.165) is 31.4 Å². The molecule has 0 unspecified atom stereocenters. The van der Waals surface area contributed by atoms with Crippen molar-refractivity contribution in [2.75, 3.05) is 19.8 Å². The van der Waals surface area contributed by atoms with Gasteiger partial charge in [0.15, 0.2) is 5.78 Å². The first-order valence-corrected chi connectivity index (χ1v) is 10.2. The maximum atomic E-state index is 12.1. The van der Waals surface area contributed by atoms with Crippen LogP contribution in [0, 0.1) is 11.8 Å². The summed E-state index contributed by atoms with van der Waals surface area (Å²) >= 11 is 0. The van der Waals surface area contributed by atoms with Gasteiger partial charge in [-0.3, -0.25) is 14.4 Å². The van der Waals surface area contributed by atoms with Crippen LogP contribution in [0.4, 0.5) is 0 Å². The number of ether oxygens (including phenoxy) is 2. The Morgan fingerprint density at radius 1 is 1.07 bits per heavy atom. The summed E-state index contributed by atoms with van der Waals surface area (Å²) in [5.74, 6) is 1.15. The zero-order chi connectivity index (χ0) is 20.4. The SMILES string of the molecule is CCOC(=O)C1CCC(COc2ccc(C(=O)CCCNC(C)=O)cc2)CC1. The number of hydrogen-bond donors (Lipinski definition) is 1. The predicted octanol–water partition coefficient (Wildman–Crippen LogP) is 3.53. The zero-order valence-electron chi connectivity index (χ0n) is 16.9. The lowest BCUT2D eigenvalue weighted by Crippen LogP contribution is -2.26. The van der Waals surface area contributed by atoms with Gasteiger partial charge in [-0.25, -0.2) is 0 Å². The minimum Gasteiger partial charge on any atom is -0.493 e. The molecule has 0 spiro atoms. The first kappa shape index (κ1) is 21.9. The van der Waals surface area contributed by atoms with Gasteiger partial charge < -0.3 is 14.8 Å². The van der Waals surface area contributed by atoms with E-state index in [4.69, 9.17) is 9.47 Å². The van der Waals surface area contributed by atoms with Crippen LogP contribution < -0.4 is 10.1 Å². The molecule has 0 aromatic heterocycles. The number of Topliss-reactive ketones (excluding diaryl/α,β-unsaturated/α-hetero) is 1. The number of nitrogens with one attached hydrogen (secondary N) is 1. The number of benzene rings is 1. The third-order valence-corrected chi connectivity index (χ3v) is 5.08. The van der Waals surface area contributed by atoms with E-state index in [9.17, 15) is 14.4 Å². The molecule has 154 valence electrons. The summed E-state index contributed by atoms with van der Waals surface area (Å²) in [5.41, 5.74) is 0.658. The quantitative estimate of drug-likeness (QED) is 0.376. The lowest BCUT2D eigenvalue weighted by Gasteiger charge is -2.27.